The van der Waals surface area contributed by atoms with Crippen molar-refractivity contribution in [3.63, 3.8) is 0 Å². The summed E-state index contributed by atoms with van der Waals surface area (Å²) in [6.07, 6.45) is 0.256. The van der Waals surface area contributed by atoms with Gasteiger partial charge in [0, 0.05) is 6.07 Å². The van der Waals surface area contributed by atoms with Crippen LogP contribution in [-0.4, -0.2) is 30.4 Å². The maximum Gasteiger partial charge on any atom is 0.311 e. The summed E-state index contributed by atoms with van der Waals surface area (Å²) < 4.78 is 10.4. The van der Waals surface area contributed by atoms with E-state index in [1.807, 2.05) is 0 Å². The minimum absolute atomic E-state index is 0.0467. The summed E-state index contributed by atoms with van der Waals surface area (Å²) in [4.78, 5) is 11.6. The van der Waals surface area contributed by atoms with Crippen LogP contribution in [0.5, 0.6) is 17.2 Å². The molecule has 22 heavy (non-hydrogen) atoms. The molecular formula is C17H18O5. The predicted molar refractivity (Wildman–Crippen MR) is 81.7 cm³/mol. The van der Waals surface area contributed by atoms with Crippen molar-refractivity contribution < 1.29 is 24.5 Å². The third-order valence-corrected chi connectivity index (χ3v) is 3.49. The molecule has 2 aromatic rings. The van der Waals surface area contributed by atoms with E-state index in [0.717, 1.165) is 5.56 Å². The van der Waals surface area contributed by atoms with Gasteiger partial charge >= 0.3 is 5.97 Å². The van der Waals surface area contributed by atoms with E-state index in [0.29, 0.717) is 17.1 Å². The third kappa shape index (κ3) is 3.49. The molecule has 5 nitrogen and oxygen atoms in total. The lowest BCUT2D eigenvalue weighted by molar-refractivity contribution is -0.138. The van der Waals surface area contributed by atoms with Gasteiger partial charge in [0.05, 0.1) is 20.1 Å². The van der Waals surface area contributed by atoms with Crippen LogP contribution < -0.4 is 9.47 Å². The van der Waals surface area contributed by atoms with Crippen molar-refractivity contribution in [2.45, 2.75) is 12.3 Å². The topological polar surface area (TPSA) is 76.0 Å². The van der Waals surface area contributed by atoms with E-state index < -0.39 is 11.9 Å². The highest BCUT2D eigenvalue weighted by atomic mass is 16.5. The summed E-state index contributed by atoms with van der Waals surface area (Å²) in [5.74, 6) is -0.459. The number of aliphatic carboxylic acids is 1. The number of carboxylic acids is 1. The highest BCUT2D eigenvalue weighted by Crippen LogP contribution is 2.31. The maximum atomic E-state index is 11.6. The number of hydrogen-bond acceptors (Lipinski definition) is 4. The van der Waals surface area contributed by atoms with Crippen molar-refractivity contribution in [3.05, 3.63) is 53.6 Å². The number of phenolic OH excluding ortho intramolecular Hbond substituents is 1. The Balaban J connectivity index is 2.34. The zero-order chi connectivity index (χ0) is 16.1. The van der Waals surface area contributed by atoms with Gasteiger partial charge in [0.2, 0.25) is 0 Å². The van der Waals surface area contributed by atoms with Gasteiger partial charge < -0.3 is 19.7 Å². The van der Waals surface area contributed by atoms with Gasteiger partial charge in [-0.1, -0.05) is 18.2 Å². The second-order valence-electron chi connectivity index (χ2n) is 4.87. The van der Waals surface area contributed by atoms with Gasteiger partial charge in [0.15, 0.2) is 0 Å². The van der Waals surface area contributed by atoms with Crippen LogP contribution in [0.25, 0.3) is 0 Å². The quantitative estimate of drug-likeness (QED) is 0.858. The molecule has 1 atom stereocenters. The molecule has 0 saturated heterocycles. The van der Waals surface area contributed by atoms with Crippen molar-refractivity contribution >= 4 is 5.97 Å². The van der Waals surface area contributed by atoms with Crippen molar-refractivity contribution in [1.29, 1.82) is 0 Å². The van der Waals surface area contributed by atoms with Gasteiger partial charge in [-0.05, 0) is 35.7 Å². The van der Waals surface area contributed by atoms with E-state index in [4.69, 9.17) is 9.47 Å². The number of ether oxygens (including phenoxy) is 2. The molecule has 2 rings (SSSR count). The van der Waals surface area contributed by atoms with Crippen LogP contribution >= 0.6 is 0 Å². The smallest absolute Gasteiger partial charge is 0.311 e. The zero-order valence-corrected chi connectivity index (χ0v) is 12.4. The Bertz CT molecular complexity index is 666. The number of carbonyl (C=O) groups is 1. The Kier molecular flexibility index (Phi) is 4.88. The molecule has 2 aromatic carbocycles. The fourth-order valence-electron chi connectivity index (χ4n) is 2.33. The maximum absolute atomic E-state index is 11.6. The first kappa shape index (κ1) is 15.7. The molecule has 0 aromatic heterocycles. The molecule has 0 radical (unpaired) electrons. The van der Waals surface area contributed by atoms with E-state index in [9.17, 15) is 15.0 Å². The largest absolute Gasteiger partial charge is 0.508 e. The van der Waals surface area contributed by atoms with E-state index in [1.165, 1.54) is 19.2 Å². The predicted octanol–water partition coefficient (Wildman–Crippen LogP) is 2.82. The van der Waals surface area contributed by atoms with E-state index in [1.54, 1.807) is 37.4 Å². The van der Waals surface area contributed by atoms with Crippen LogP contribution in [0.15, 0.2) is 42.5 Å². The molecule has 0 bridgehead atoms. The standard InChI is InChI=1S/C17H18O5/c1-21-14-7-6-12(16(10-14)22-2)9-15(17(19)20)11-4-3-5-13(18)8-11/h3-8,10,15,18H,9H2,1-2H3,(H,19,20). The number of aromatic hydroxyl groups is 1. The van der Waals surface area contributed by atoms with Crippen molar-refractivity contribution in [1.82, 2.24) is 0 Å². The summed E-state index contributed by atoms with van der Waals surface area (Å²) >= 11 is 0. The number of methoxy groups -OCH3 is 2. The molecule has 0 fully saturated rings. The van der Waals surface area contributed by atoms with Crippen molar-refractivity contribution in [2.75, 3.05) is 14.2 Å². The second kappa shape index (κ2) is 6.85. The van der Waals surface area contributed by atoms with Crippen LogP contribution in [0.2, 0.25) is 0 Å². The lowest BCUT2D eigenvalue weighted by atomic mass is 9.91. The fourth-order valence-corrected chi connectivity index (χ4v) is 2.33. The Labute approximate surface area is 128 Å². The fraction of sp³-hybridized carbons (Fsp3) is 0.235. The Hall–Kier alpha value is -2.69. The van der Waals surface area contributed by atoms with Gasteiger partial charge in [0.25, 0.3) is 0 Å². The summed E-state index contributed by atoms with van der Waals surface area (Å²) in [7, 11) is 3.09. The summed E-state index contributed by atoms with van der Waals surface area (Å²) in [5, 5.41) is 19.0. The first-order valence-electron chi connectivity index (χ1n) is 6.77. The highest BCUT2D eigenvalue weighted by molar-refractivity contribution is 5.77. The van der Waals surface area contributed by atoms with Gasteiger partial charge in [-0.3, -0.25) is 4.79 Å². The zero-order valence-electron chi connectivity index (χ0n) is 12.4. The number of carboxylic acid groups (broad SMARTS) is 1. The van der Waals surface area contributed by atoms with E-state index in [2.05, 4.69) is 0 Å². The molecule has 5 heteroatoms. The SMILES string of the molecule is COc1ccc(CC(C(=O)O)c2cccc(O)c2)c(OC)c1. The Morgan fingerprint density at radius 2 is 1.91 bits per heavy atom. The molecule has 0 spiro atoms. The normalized spacial score (nSPS) is 11.7. The van der Waals surface area contributed by atoms with Gasteiger partial charge in [-0.2, -0.15) is 0 Å². The van der Waals surface area contributed by atoms with E-state index in [-0.39, 0.29) is 12.2 Å². The number of hydrogen-bond donors (Lipinski definition) is 2. The second-order valence-corrected chi connectivity index (χ2v) is 4.87. The van der Waals surface area contributed by atoms with Gasteiger partial charge in [-0.25, -0.2) is 0 Å². The minimum Gasteiger partial charge on any atom is -0.508 e. The van der Waals surface area contributed by atoms with Crippen molar-refractivity contribution in [3.8, 4) is 17.2 Å². The molecular weight excluding hydrogens is 284 g/mol. The Morgan fingerprint density at radius 3 is 2.50 bits per heavy atom. The lowest BCUT2D eigenvalue weighted by Crippen LogP contribution is -2.15. The summed E-state index contributed by atoms with van der Waals surface area (Å²) in [6.45, 7) is 0. The van der Waals surface area contributed by atoms with Crippen LogP contribution in [0.3, 0.4) is 0 Å². The molecule has 1 unspecified atom stereocenters. The molecule has 0 heterocycles. The number of rotatable bonds is 6. The number of phenols is 1. The molecule has 0 aliphatic carbocycles. The van der Waals surface area contributed by atoms with Gasteiger partial charge in [-0.15, -0.1) is 0 Å². The highest BCUT2D eigenvalue weighted by Gasteiger charge is 2.22. The average Bonchev–Trinajstić information content (AvgIpc) is 2.52. The molecule has 0 aliphatic rings. The lowest BCUT2D eigenvalue weighted by Gasteiger charge is -2.16. The van der Waals surface area contributed by atoms with Gasteiger partial charge in [0.1, 0.15) is 17.2 Å². The molecule has 2 N–H and O–H groups in total. The molecule has 0 aliphatic heterocycles. The monoisotopic (exact) mass is 302 g/mol. The molecule has 116 valence electrons. The first-order chi connectivity index (χ1) is 10.5. The van der Waals surface area contributed by atoms with Crippen molar-refractivity contribution in [2.24, 2.45) is 0 Å². The van der Waals surface area contributed by atoms with Crippen LogP contribution in [0.1, 0.15) is 17.0 Å². The summed E-state index contributed by atoms with van der Waals surface area (Å²) in [6, 6.07) is 11.6. The minimum atomic E-state index is -0.955. The molecule has 0 amide bonds. The third-order valence-electron chi connectivity index (χ3n) is 3.49. The Morgan fingerprint density at radius 1 is 1.14 bits per heavy atom. The van der Waals surface area contributed by atoms with E-state index >= 15 is 0 Å². The van der Waals surface area contributed by atoms with Crippen LogP contribution in [-0.2, 0) is 11.2 Å². The average molecular weight is 302 g/mol. The first-order valence-corrected chi connectivity index (χ1v) is 6.77. The molecule has 0 saturated carbocycles. The number of benzene rings is 2. The van der Waals surface area contributed by atoms with Crippen LogP contribution in [0.4, 0.5) is 0 Å². The summed E-state index contributed by atoms with van der Waals surface area (Å²) in [5.41, 5.74) is 1.31. The van der Waals surface area contributed by atoms with Crippen LogP contribution in [0, 0.1) is 0 Å².